The molecule has 0 spiro atoms. The molecule has 0 aromatic rings. The van der Waals surface area contributed by atoms with E-state index in [0.29, 0.717) is 19.0 Å². The number of nitrogens with zero attached hydrogens (tertiary/aromatic N) is 1. The number of halogens is 3. The SMILES string of the molecule is CCN(CC(C)C)C1CC(O)CCC1C(F)(F)F. The van der Waals surface area contributed by atoms with Gasteiger partial charge in [-0.2, -0.15) is 13.2 Å². The van der Waals surface area contributed by atoms with Crippen LogP contribution < -0.4 is 0 Å². The Kier molecular flexibility index (Phi) is 5.46. The van der Waals surface area contributed by atoms with Crippen LogP contribution in [0.2, 0.25) is 0 Å². The van der Waals surface area contributed by atoms with Crippen LogP contribution in [0.5, 0.6) is 0 Å². The number of aliphatic hydroxyl groups excluding tert-OH is 1. The Morgan fingerprint density at radius 3 is 2.33 bits per heavy atom. The summed E-state index contributed by atoms with van der Waals surface area (Å²) in [5, 5.41) is 9.65. The molecule has 0 radical (unpaired) electrons. The van der Waals surface area contributed by atoms with Crippen molar-refractivity contribution in [1.82, 2.24) is 4.90 Å². The third kappa shape index (κ3) is 4.12. The van der Waals surface area contributed by atoms with Gasteiger partial charge >= 0.3 is 6.18 Å². The highest BCUT2D eigenvalue weighted by Gasteiger charge is 2.48. The van der Waals surface area contributed by atoms with Crippen LogP contribution in [0.1, 0.15) is 40.0 Å². The predicted molar refractivity (Wildman–Crippen MR) is 65.3 cm³/mol. The lowest BCUT2D eigenvalue weighted by Gasteiger charge is -2.42. The van der Waals surface area contributed by atoms with E-state index in [2.05, 4.69) is 0 Å². The van der Waals surface area contributed by atoms with Gasteiger partial charge in [0, 0.05) is 12.6 Å². The predicted octanol–water partition coefficient (Wildman–Crippen LogP) is 3.06. The highest BCUT2D eigenvalue weighted by molar-refractivity contribution is 4.90. The Labute approximate surface area is 107 Å². The first kappa shape index (κ1) is 15.8. The van der Waals surface area contributed by atoms with Gasteiger partial charge in [0.25, 0.3) is 0 Å². The van der Waals surface area contributed by atoms with Crippen molar-refractivity contribution in [1.29, 1.82) is 0 Å². The summed E-state index contributed by atoms with van der Waals surface area (Å²) in [6, 6.07) is -0.568. The molecule has 0 bridgehead atoms. The fraction of sp³-hybridized carbons (Fsp3) is 1.00. The molecule has 3 atom stereocenters. The standard InChI is InChI=1S/C13H24F3NO/c1-4-17(8-9(2)3)12-7-10(18)5-6-11(12)13(14,15)16/h9-12,18H,4-8H2,1-3H3. The van der Waals surface area contributed by atoms with Gasteiger partial charge in [-0.25, -0.2) is 0 Å². The summed E-state index contributed by atoms with van der Waals surface area (Å²) in [7, 11) is 0. The largest absolute Gasteiger partial charge is 0.393 e. The highest BCUT2D eigenvalue weighted by atomic mass is 19.4. The molecule has 108 valence electrons. The highest BCUT2D eigenvalue weighted by Crippen LogP contribution is 2.40. The van der Waals surface area contributed by atoms with Crippen LogP contribution in [0.15, 0.2) is 0 Å². The molecule has 18 heavy (non-hydrogen) atoms. The Bertz CT molecular complexity index is 255. The van der Waals surface area contributed by atoms with E-state index in [9.17, 15) is 18.3 Å². The van der Waals surface area contributed by atoms with Gasteiger partial charge < -0.3 is 5.11 Å². The molecule has 3 unspecified atom stereocenters. The molecule has 0 aliphatic heterocycles. The zero-order valence-electron chi connectivity index (χ0n) is 11.4. The minimum absolute atomic E-state index is 0.0456. The Morgan fingerprint density at radius 2 is 1.89 bits per heavy atom. The van der Waals surface area contributed by atoms with E-state index in [-0.39, 0.29) is 19.3 Å². The number of rotatable bonds is 4. The van der Waals surface area contributed by atoms with Crippen molar-refractivity contribution in [3.05, 3.63) is 0 Å². The summed E-state index contributed by atoms with van der Waals surface area (Å²) in [6.45, 7) is 7.15. The van der Waals surface area contributed by atoms with E-state index in [1.54, 1.807) is 0 Å². The molecule has 1 saturated carbocycles. The van der Waals surface area contributed by atoms with Crippen LogP contribution in [-0.2, 0) is 0 Å². The van der Waals surface area contributed by atoms with Crippen LogP contribution in [0.25, 0.3) is 0 Å². The minimum atomic E-state index is -4.16. The first-order valence-corrected chi connectivity index (χ1v) is 6.74. The number of hydrogen-bond acceptors (Lipinski definition) is 2. The topological polar surface area (TPSA) is 23.5 Å². The monoisotopic (exact) mass is 267 g/mol. The minimum Gasteiger partial charge on any atom is -0.393 e. The van der Waals surface area contributed by atoms with Gasteiger partial charge in [-0.1, -0.05) is 20.8 Å². The molecule has 0 aromatic heterocycles. The Morgan fingerprint density at radius 1 is 1.28 bits per heavy atom. The van der Waals surface area contributed by atoms with Crippen LogP contribution in [0.3, 0.4) is 0 Å². The zero-order chi connectivity index (χ0) is 13.9. The second-order valence-corrected chi connectivity index (χ2v) is 5.66. The van der Waals surface area contributed by atoms with Gasteiger partial charge in [0.2, 0.25) is 0 Å². The summed E-state index contributed by atoms with van der Waals surface area (Å²) >= 11 is 0. The molecular weight excluding hydrogens is 243 g/mol. The second kappa shape index (κ2) is 6.24. The molecule has 2 nitrogen and oxygen atoms in total. The van der Waals surface area contributed by atoms with E-state index < -0.39 is 24.2 Å². The maximum Gasteiger partial charge on any atom is 0.393 e. The Balaban J connectivity index is 2.82. The van der Waals surface area contributed by atoms with Crippen molar-refractivity contribution >= 4 is 0 Å². The molecule has 0 saturated heterocycles. The summed E-state index contributed by atoms with van der Waals surface area (Å²) in [6.07, 6.45) is -4.20. The van der Waals surface area contributed by atoms with E-state index in [1.165, 1.54) is 0 Å². The van der Waals surface area contributed by atoms with Crippen LogP contribution in [0, 0.1) is 11.8 Å². The summed E-state index contributed by atoms with van der Waals surface area (Å²) in [5.41, 5.74) is 0. The molecule has 1 aliphatic carbocycles. The lowest BCUT2D eigenvalue weighted by molar-refractivity contribution is -0.205. The summed E-state index contributed by atoms with van der Waals surface area (Å²) in [4.78, 5) is 1.88. The molecule has 0 amide bonds. The first-order chi connectivity index (χ1) is 8.25. The maximum absolute atomic E-state index is 13.0. The van der Waals surface area contributed by atoms with Crippen LogP contribution in [-0.4, -0.2) is 41.4 Å². The molecule has 0 aromatic carbocycles. The second-order valence-electron chi connectivity index (χ2n) is 5.66. The third-order valence-electron chi connectivity index (χ3n) is 3.68. The van der Waals surface area contributed by atoms with Crippen LogP contribution in [0.4, 0.5) is 13.2 Å². The lowest BCUT2D eigenvalue weighted by Crippen LogP contribution is -2.51. The summed E-state index contributed by atoms with van der Waals surface area (Å²) < 4.78 is 39.1. The third-order valence-corrected chi connectivity index (χ3v) is 3.68. The van der Waals surface area contributed by atoms with Crippen molar-refractivity contribution < 1.29 is 18.3 Å². The van der Waals surface area contributed by atoms with E-state index >= 15 is 0 Å². The number of aliphatic hydroxyl groups is 1. The smallest absolute Gasteiger partial charge is 0.393 e. The quantitative estimate of drug-likeness (QED) is 0.846. The van der Waals surface area contributed by atoms with Crippen molar-refractivity contribution in [2.75, 3.05) is 13.1 Å². The van der Waals surface area contributed by atoms with Crippen molar-refractivity contribution in [2.45, 2.75) is 58.4 Å². The normalized spacial score (nSPS) is 30.2. The molecule has 1 N–H and O–H groups in total. The zero-order valence-corrected chi connectivity index (χ0v) is 11.4. The van der Waals surface area contributed by atoms with Gasteiger partial charge in [0.05, 0.1) is 12.0 Å². The molecule has 1 rings (SSSR count). The van der Waals surface area contributed by atoms with Gasteiger partial charge in [-0.05, 0) is 31.7 Å². The molecule has 1 fully saturated rings. The average molecular weight is 267 g/mol. The first-order valence-electron chi connectivity index (χ1n) is 6.74. The van der Waals surface area contributed by atoms with Gasteiger partial charge in [-0.3, -0.25) is 4.90 Å². The Hall–Kier alpha value is -0.290. The molecule has 0 heterocycles. The maximum atomic E-state index is 13.0. The van der Waals surface area contributed by atoms with Crippen molar-refractivity contribution in [3.63, 3.8) is 0 Å². The van der Waals surface area contributed by atoms with Crippen molar-refractivity contribution in [3.8, 4) is 0 Å². The van der Waals surface area contributed by atoms with E-state index in [1.807, 2.05) is 25.7 Å². The molecular formula is C13H24F3NO. The molecule has 5 heteroatoms. The van der Waals surface area contributed by atoms with E-state index in [0.717, 1.165) is 0 Å². The fourth-order valence-electron chi connectivity index (χ4n) is 2.88. The van der Waals surface area contributed by atoms with Gasteiger partial charge in [0.15, 0.2) is 0 Å². The van der Waals surface area contributed by atoms with Gasteiger partial charge in [0.1, 0.15) is 0 Å². The number of alkyl halides is 3. The van der Waals surface area contributed by atoms with Gasteiger partial charge in [-0.15, -0.1) is 0 Å². The summed E-state index contributed by atoms with van der Waals surface area (Å²) in [5.74, 6) is -0.961. The molecule has 1 aliphatic rings. The van der Waals surface area contributed by atoms with Crippen molar-refractivity contribution in [2.24, 2.45) is 11.8 Å². The lowest BCUT2D eigenvalue weighted by atomic mass is 9.81. The fourth-order valence-corrected chi connectivity index (χ4v) is 2.88. The van der Waals surface area contributed by atoms with E-state index in [4.69, 9.17) is 0 Å². The number of hydrogen-bond donors (Lipinski definition) is 1. The average Bonchev–Trinajstić information content (AvgIpc) is 2.23. The van der Waals surface area contributed by atoms with Crippen LogP contribution >= 0.6 is 0 Å².